The molecule has 8 nitrogen and oxygen atoms in total. The summed E-state index contributed by atoms with van der Waals surface area (Å²) >= 11 is 1.14. The molecule has 140 valence electrons. The number of hydrogen-bond acceptors (Lipinski definition) is 6. The molecule has 0 aliphatic heterocycles. The number of benzene rings is 1. The maximum Gasteiger partial charge on any atom is 0.268 e. The van der Waals surface area contributed by atoms with Crippen LogP contribution in [0.3, 0.4) is 0 Å². The van der Waals surface area contributed by atoms with Crippen LogP contribution in [-0.4, -0.2) is 31.6 Å². The van der Waals surface area contributed by atoms with Gasteiger partial charge in [-0.15, -0.1) is 11.3 Å². The van der Waals surface area contributed by atoms with Crippen molar-refractivity contribution >= 4 is 39.3 Å². The number of primary amides is 1. The molecule has 3 aromatic heterocycles. The Labute approximate surface area is 164 Å². The third-order valence-electron chi connectivity index (χ3n) is 4.26. The molecule has 0 spiro atoms. The number of hydrogen-bond donors (Lipinski definition) is 2. The molecular formula is C19H16N6O2S. The van der Waals surface area contributed by atoms with E-state index in [1.165, 1.54) is 5.38 Å². The Morgan fingerprint density at radius 3 is 2.61 bits per heavy atom. The van der Waals surface area contributed by atoms with Crippen molar-refractivity contribution in [2.75, 3.05) is 5.32 Å². The van der Waals surface area contributed by atoms with E-state index >= 15 is 0 Å². The molecule has 3 N–H and O–H groups in total. The van der Waals surface area contributed by atoms with Gasteiger partial charge in [-0.2, -0.15) is 5.10 Å². The summed E-state index contributed by atoms with van der Waals surface area (Å²) in [5, 5.41) is 9.61. The van der Waals surface area contributed by atoms with Gasteiger partial charge >= 0.3 is 0 Å². The summed E-state index contributed by atoms with van der Waals surface area (Å²) in [6.07, 6.45) is 0. The summed E-state index contributed by atoms with van der Waals surface area (Å²) in [7, 11) is 1.79. The average molecular weight is 392 g/mol. The molecule has 4 aromatic rings. The van der Waals surface area contributed by atoms with Gasteiger partial charge in [-0.25, -0.2) is 9.97 Å². The van der Waals surface area contributed by atoms with Gasteiger partial charge in [0.2, 0.25) is 0 Å². The molecule has 0 bridgehead atoms. The van der Waals surface area contributed by atoms with E-state index in [-0.39, 0.29) is 11.6 Å². The Morgan fingerprint density at radius 2 is 1.93 bits per heavy atom. The van der Waals surface area contributed by atoms with Crippen molar-refractivity contribution in [2.24, 2.45) is 12.8 Å². The predicted octanol–water partition coefficient (Wildman–Crippen LogP) is 2.75. The highest BCUT2D eigenvalue weighted by Gasteiger charge is 2.20. The number of anilines is 1. The molecule has 0 aliphatic rings. The van der Waals surface area contributed by atoms with Gasteiger partial charge in [-0.05, 0) is 13.0 Å². The van der Waals surface area contributed by atoms with E-state index in [2.05, 4.69) is 20.4 Å². The van der Waals surface area contributed by atoms with Crippen LogP contribution >= 0.6 is 11.3 Å². The lowest BCUT2D eigenvalue weighted by molar-refractivity contribution is 0.0992. The largest absolute Gasteiger partial charge is 0.364 e. The molecule has 3 heterocycles. The number of carbonyl (C=O) groups excluding carboxylic acids is 2. The SMILES string of the molecule is Cc1nn(C)c2nc(-c3ccccc3)cc(C(=O)Nc3nc(C(N)=O)cs3)c12. The Kier molecular flexibility index (Phi) is 4.36. The first-order valence-electron chi connectivity index (χ1n) is 8.40. The predicted molar refractivity (Wildman–Crippen MR) is 107 cm³/mol. The van der Waals surface area contributed by atoms with E-state index < -0.39 is 5.91 Å². The van der Waals surface area contributed by atoms with Crippen LogP contribution in [-0.2, 0) is 7.05 Å². The zero-order valence-corrected chi connectivity index (χ0v) is 15.9. The number of carbonyl (C=O) groups is 2. The summed E-state index contributed by atoms with van der Waals surface area (Å²) in [5.41, 5.74) is 8.64. The summed E-state index contributed by atoms with van der Waals surface area (Å²) in [4.78, 5) is 33.0. The third-order valence-corrected chi connectivity index (χ3v) is 5.02. The lowest BCUT2D eigenvalue weighted by Gasteiger charge is -2.08. The summed E-state index contributed by atoms with van der Waals surface area (Å²) in [6.45, 7) is 1.83. The van der Waals surface area contributed by atoms with Gasteiger partial charge < -0.3 is 5.73 Å². The van der Waals surface area contributed by atoms with E-state index in [0.29, 0.717) is 33.1 Å². The maximum absolute atomic E-state index is 13.0. The number of nitrogens with two attached hydrogens (primary N) is 1. The van der Waals surface area contributed by atoms with Gasteiger partial charge in [0.15, 0.2) is 10.8 Å². The van der Waals surface area contributed by atoms with Crippen molar-refractivity contribution in [1.29, 1.82) is 0 Å². The minimum atomic E-state index is -0.641. The second-order valence-corrected chi connectivity index (χ2v) is 7.04. The number of pyridine rings is 1. The summed E-state index contributed by atoms with van der Waals surface area (Å²) in [6, 6.07) is 11.3. The Bertz CT molecular complexity index is 1210. The van der Waals surface area contributed by atoms with Crippen LogP contribution in [0.4, 0.5) is 5.13 Å². The molecule has 2 amide bonds. The lowest BCUT2D eigenvalue weighted by Crippen LogP contribution is -2.15. The number of fused-ring (bicyclic) bond motifs is 1. The molecule has 0 unspecified atom stereocenters. The Balaban J connectivity index is 1.82. The van der Waals surface area contributed by atoms with Gasteiger partial charge in [-0.3, -0.25) is 19.6 Å². The standard InChI is InChI=1S/C19H16N6O2S/c1-10-15-12(18(27)23-19-22-14(9-28-19)16(20)26)8-13(11-6-4-3-5-7-11)21-17(15)25(2)24-10/h3-9H,1-2H3,(H2,20,26)(H,22,23,27). The van der Waals surface area contributed by atoms with E-state index in [1.54, 1.807) is 17.8 Å². The highest BCUT2D eigenvalue weighted by molar-refractivity contribution is 7.14. The van der Waals surface area contributed by atoms with Crippen LogP contribution in [0.25, 0.3) is 22.3 Å². The minimum absolute atomic E-state index is 0.114. The molecule has 1 aromatic carbocycles. The van der Waals surface area contributed by atoms with Crippen LogP contribution in [0.1, 0.15) is 26.5 Å². The van der Waals surface area contributed by atoms with Crippen LogP contribution in [0, 0.1) is 6.92 Å². The number of nitrogens with zero attached hydrogens (tertiary/aromatic N) is 4. The van der Waals surface area contributed by atoms with E-state index in [4.69, 9.17) is 5.73 Å². The van der Waals surface area contributed by atoms with Gasteiger partial charge in [0.1, 0.15) is 5.69 Å². The van der Waals surface area contributed by atoms with Crippen molar-refractivity contribution in [3.8, 4) is 11.3 Å². The number of amides is 2. The topological polar surface area (TPSA) is 116 Å². The quantitative estimate of drug-likeness (QED) is 0.554. The molecule has 0 radical (unpaired) electrons. The molecule has 9 heteroatoms. The fourth-order valence-corrected chi connectivity index (χ4v) is 3.68. The third kappa shape index (κ3) is 3.12. The monoisotopic (exact) mass is 392 g/mol. The van der Waals surface area contributed by atoms with Gasteiger partial charge in [0, 0.05) is 18.0 Å². The van der Waals surface area contributed by atoms with Gasteiger partial charge in [0.25, 0.3) is 11.8 Å². The van der Waals surface area contributed by atoms with E-state index in [9.17, 15) is 9.59 Å². The fourth-order valence-electron chi connectivity index (χ4n) is 2.99. The van der Waals surface area contributed by atoms with E-state index in [1.807, 2.05) is 37.3 Å². The van der Waals surface area contributed by atoms with Gasteiger partial charge in [-0.1, -0.05) is 30.3 Å². The first-order chi connectivity index (χ1) is 13.4. The first-order valence-corrected chi connectivity index (χ1v) is 9.28. The number of nitrogens with one attached hydrogen (secondary N) is 1. The normalized spacial score (nSPS) is 10.9. The Hall–Kier alpha value is -3.59. The van der Waals surface area contributed by atoms with Crippen LogP contribution in [0.2, 0.25) is 0 Å². The van der Waals surface area contributed by atoms with Crippen LogP contribution < -0.4 is 11.1 Å². The summed E-state index contributed by atoms with van der Waals surface area (Å²) in [5.74, 6) is -0.997. The van der Waals surface area contributed by atoms with Crippen molar-refractivity contribution in [1.82, 2.24) is 19.7 Å². The molecule has 0 saturated carbocycles. The lowest BCUT2D eigenvalue weighted by atomic mass is 10.1. The van der Waals surface area contributed by atoms with Crippen molar-refractivity contribution < 1.29 is 9.59 Å². The number of aryl methyl sites for hydroxylation is 2. The molecule has 28 heavy (non-hydrogen) atoms. The van der Waals surface area contributed by atoms with Crippen molar-refractivity contribution in [3.63, 3.8) is 0 Å². The highest BCUT2D eigenvalue weighted by atomic mass is 32.1. The second-order valence-electron chi connectivity index (χ2n) is 6.18. The number of thiazole rings is 1. The highest BCUT2D eigenvalue weighted by Crippen LogP contribution is 2.27. The molecular weight excluding hydrogens is 376 g/mol. The van der Waals surface area contributed by atoms with Crippen molar-refractivity contribution in [3.05, 3.63) is 58.7 Å². The first kappa shape index (κ1) is 17.8. The number of rotatable bonds is 4. The minimum Gasteiger partial charge on any atom is -0.364 e. The smallest absolute Gasteiger partial charge is 0.268 e. The maximum atomic E-state index is 13.0. The molecule has 0 atom stereocenters. The molecule has 0 aliphatic carbocycles. The second kappa shape index (κ2) is 6.86. The molecule has 0 fully saturated rings. The van der Waals surface area contributed by atoms with Crippen LogP contribution in [0.15, 0.2) is 41.8 Å². The zero-order valence-electron chi connectivity index (χ0n) is 15.1. The van der Waals surface area contributed by atoms with Crippen LogP contribution in [0.5, 0.6) is 0 Å². The Morgan fingerprint density at radius 1 is 1.18 bits per heavy atom. The molecule has 4 rings (SSSR count). The van der Waals surface area contributed by atoms with Gasteiger partial charge in [0.05, 0.1) is 22.3 Å². The zero-order chi connectivity index (χ0) is 19.8. The van der Waals surface area contributed by atoms with Crippen molar-refractivity contribution in [2.45, 2.75) is 6.92 Å². The van der Waals surface area contributed by atoms with E-state index in [0.717, 1.165) is 16.9 Å². The summed E-state index contributed by atoms with van der Waals surface area (Å²) < 4.78 is 1.66. The fraction of sp³-hybridized carbons (Fsp3) is 0.105. The number of aromatic nitrogens is 4. The molecule has 0 saturated heterocycles. The average Bonchev–Trinajstić information content (AvgIpc) is 3.26.